The van der Waals surface area contributed by atoms with Crippen molar-refractivity contribution >= 4 is 27.4 Å². The minimum absolute atomic E-state index is 0.203. The van der Waals surface area contributed by atoms with Crippen molar-refractivity contribution in [3.8, 4) is 16.8 Å². The molecule has 2 fully saturated rings. The number of nitrogens with one attached hydrogen (secondary N) is 1. The Labute approximate surface area is 204 Å². The first kappa shape index (κ1) is 22.3. The normalized spacial score (nSPS) is 20.1. The number of fused-ring (bicyclic) bond motifs is 1. The van der Waals surface area contributed by atoms with Crippen LogP contribution in [0, 0.1) is 5.82 Å². The Balaban J connectivity index is 1.42. The van der Waals surface area contributed by atoms with Gasteiger partial charge in [0.05, 0.1) is 11.3 Å². The molecule has 2 aliphatic rings. The summed E-state index contributed by atoms with van der Waals surface area (Å²) in [6.45, 7) is 0. The minimum atomic E-state index is -2.59. The zero-order chi connectivity index (χ0) is 24.2. The molecule has 0 spiro atoms. The highest BCUT2D eigenvalue weighted by atomic mass is 32.3. The molecule has 1 aliphatic heterocycles. The second-order valence-corrected chi connectivity index (χ2v) is 12.0. The lowest BCUT2D eigenvalue weighted by Gasteiger charge is -2.26. The fraction of sp³-hybridized carbons (Fsp3) is 0.250. The van der Waals surface area contributed by atoms with Gasteiger partial charge < -0.3 is 9.88 Å². The van der Waals surface area contributed by atoms with Crippen LogP contribution in [0.5, 0.6) is 0 Å². The van der Waals surface area contributed by atoms with Crippen molar-refractivity contribution in [2.75, 3.05) is 11.5 Å². The minimum Gasteiger partial charge on any atom is -0.348 e. The third kappa shape index (κ3) is 4.47. The van der Waals surface area contributed by atoms with Crippen molar-refractivity contribution in [2.45, 2.75) is 31.2 Å². The third-order valence-corrected chi connectivity index (χ3v) is 8.84. The SMILES string of the molecule is O=C(NC1CCS(O)(O)C1)c1ccc2c(-c3cccc(C4CC4)c3)cn(-c3ccc(F)cc3)c2c1. The highest BCUT2D eigenvalue weighted by molar-refractivity contribution is 8.24. The summed E-state index contributed by atoms with van der Waals surface area (Å²) in [4.78, 5) is 13.0. The van der Waals surface area contributed by atoms with Gasteiger partial charge in [0, 0.05) is 40.2 Å². The Morgan fingerprint density at radius 1 is 1.00 bits per heavy atom. The van der Waals surface area contributed by atoms with Gasteiger partial charge >= 0.3 is 0 Å². The number of hydrogen-bond donors (Lipinski definition) is 3. The number of aromatic nitrogens is 1. The summed E-state index contributed by atoms with van der Waals surface area (Å²) in [7, 11) is -2.59. The molecule has 1 saturated carbocycles. The number of carbonyl (C=O) groups excluding carboxylic acids is 1. The van der Waals surface area contributed by atoms with E-state index >= 15 is 0 Å². The molecule has 180 valence electrons. The monoisotopic (exact) mass is 490 g/mol. The van der Waals surface area contributed by atoms with Gasteiger partial charge in [-0.15, -0.1) is 0 Å². The van der Waals surface area contributed by atoms with Crippen molar-refractivity contribution in [3.63, 3.8) is 0 Å². The molecule has 1 atom stereocenters. The number of hydrogen-bond acceptors (Lipinski definition) is 3. The van der Waals surface area contributed by atoms with Crippen molar-refractivity contribution in [2.24, 2.45) is 0 Å². The van der Waals surface area contributed by atoms with Crippen molar-refractivity contribution < 1.29 is 18.3 Å². The van der Waals surface area contributed by atoms with Crippen LogP contribution in [0.3, 0.4) is 0 Å². The summed E-state index contributed by atoms with van der Waals surface area (Å²) in [5.41, 5.74) is 5.69. The zero-order valence-electron chi connectivity index (χ0n) is 19.2. The number of carbonyl (C=O) groups is 1. The van der Waals surface area contributed by atoms with Crippen LogP contribution in [-0.4, -0.2) is 37.1 Å². The standard InChI is InChI=1S/C28H27FN2O3S/c29-22-7-9-24(10-8-22)31-16-26(20-3-1-2-19(14-20)18-4-5-18)25-11-6-21(15-27(25)31)28(32)30-23-12-13-35(33,34)17-23/h1-3,6-11,14-16,18,23,33-34H,4-5,12-13,17H2,(H,30,32). The van der Waals surface area contributed by atoms with E-state index in [4.69, 9.17) is 0 Å². The first-order chi connectivity index (χ1) is 16.9. The highest BCUT2D eigenvalue weighted by Gasteiger charge is 2.30. The molecule has 1 saturated heterocycles. The summed E-state index contributed by atoms with van der Waals surface area (Å²) >= 11 is 0. The van der Waals surface area contributed by atoms with E-state index in [1.165, 1.54) is 30.5 Å². The molecule has 0 radical (unpaired) electrons. The summed E-state index contributed by atoms with van der Waals surface area (Å²) in [6, 6.07) is 20.4. The van der Waals surface area contributed by atoms with Gasteiger partial charge in [0.15, 0.2) is 0 Å². The maximum atomic E-state index is 13.6. The number of amides is 1. The van der Waals surface area contributed by atoms with Gasteiger partial charge in [0.2, 0.25) is 0 Å². The van der Waals surface area contributed by atoms with Crippen molar-refractivity contribution in [3.05, 3.63) is 89.9 Å². The molecule has 1 unspecified atom stereocenters. The molecule has 1 aliphatic carbocycles. The lowest BCUT2D eigenvalue weighted by Crippen LogP contribution is -2.35. The Morgan fingerprint density at radius 2 is 1.80 bits per heavy atom. The molecule has 6 rings (SSSR count). The lowest BCUT2D eigenvalue weighted by molar-refractivity contribution is 0.0941. The van der Waals surface area contributed by atoms with Crippen LogP contribution < -0.4 is 5.32 Å². The maximum Gasteiger partial charge on any atom is 0.251 e. The quantitative estimate of drug-likeness (QED) is 0.296. The molecule has 2 heterocycles. The number of nitrogens with zero attached hydrogens (tertiary/aromatic N) is 1. The zero-order valence-corrected chi connectivity index (χ0v) is 20.0. The second kappa shape index (κ2) is 8.52. The molecule has 35 heavy (non-hydrogen) atoms. The van der Waals surface area contributed by atoms with Crippen LogP contribution in [0.4, 0.5) is 4.39 Å². The summed E-state index contributed by atoms with van der Waals surface area (Å²) in [5, 5.41) is 3.96. The van der Waals surface area contributed by atoms with E-state index in [1.807, 2.05) is 22.8 Å². The molecular formula is C28H27FN2O3S. The van der Waals surface area contributed by atoms with E-state index in [0.29, 0.717) is 23.7 Å². The average molecular weight is 491 g/mol. The van der Waals surface area contributed by atoms with Gasteiger partial charge in [-0.1, -0.05) is 30.3 Å². The number of halogens is 1. The van der Waals surface area contributed by atoms with Crippen molar-refractivity contribution in [1.82, 2.24) is 9.88 Å². The van der Waals surface area contributed by atoms with Crippen LogP contribution in [0.15, 0.2) is 72.9 Å². The summed E-state index contributed by atoms with van der Waals surface area (Å²) < 4.78 is 35.4. The highest BCUT2D eigenvalue weighted by Crippen LogP contribution is 2.46. The largest absolute Gasteiger partial charge is 0.348 e. The average Bonchev–Trinajstić information content (AvgIpc) is 3.55. The van der Waals surface area contributed by atoms with Gasteiger partial charge in [0.25, 0.3) is 5.91 Å². The molecule has 7 heteroatoms. The molecule has 5 nitrogen and oxygen atoms in total. The Kier molecular flexibility index (Phi) is 5.44. The molecule has 0 bridgehead atoms. The van der Waals surface area contributed by atoms with Crippen LogP contribution in [0.2, 0.25) is 0 Å². The van der Waals surface area contributed by atoms with E-state index in [2.05, 4.69) is 35.8 Å². The topological polar surface area (TPSA) is 74.5 Å². The Hall–Kier alpha value is -3.13. The third-order valence-electron chi connectivity index (χ3n) is 7.02. The molecular weight excluding hydrogens is 463 g/mol. The first-order valence-corrected chi connectivity index (χ1v) is 13.8. The van der Waals surface area contributed by atoms with Gasteiger partial charge in [-0.3, -0.25) is 13.9 Å². The van der Waals surface area contributed by atoms with E-state index in [1.54, 1.807) is 12.1 Å². The predicted octanol–water partition coefficient (Wildman–Crippen LogP) is 6.57. The van der Waals surface area contributed by atoms with E-state index < -0.39 is 10.6 Å². The van der Waals surface area contributed by atoms with E-state index in [0.717, 1.165) is 27.7 Å². The van der Waals surface area contributed by atoms with Gasteiger partial charge in [-0.25, -0.2) is 4.39 Å². The lowest BCUT2D eigenvalue weighted by atomic mass is 10.00. The Bertz CT molecular complexity index is 1430. The predicted molar refractivity (Wildman–Crippen MR) is 139 cm³/mol. The second-order valence-electron chi connectivity index (χ2n) is 9.65. The molecule has 3 N–H and O–H groups in total. The number of rotatable bonds is 5. The molecule has 4 aromatic rings. The Morgan fingerprint density at radius 3 is 2.51 bits per heavy atom. The van der Waals surface area contributed by atoms with Gasteiger partial charge in [-0.2, -0.15) is 10.6 Å². The van der Waals surface area contributed by atoms with E-state index in [9.17, 15) is 18.3 Å². The first-order valence-electron chi connectivity index (χ1n) is 11.9. The van der Waals surface area contributed by atoms with Crippen LogP contribution in [0.25, 0.3) is 27.7 Å². The smallest absolute Gasteiger partial charge is 0.251 e. The summed E-state index contributed by atoms with van der Waals surface area (Å²) in [6.07, 6.45) is 5.08. The molecule has 3 aromatic carbocycles. The maximum absolute atomic E-state index is 13.6. The van der Waals surface area contributed by atoms with Gasteiger partial charge in [0.1, 0.15) is 5.82 Å². The van der Waals surface area contributed by atoms with E-state index in [-0.39, 0.29) is 23.5 Å². The summed E-state index contributed by atoms with van der Waals surface area (Å²) in [5.74, 6) is 0.635. The molecule has 1 amide bonds. The van der Waals surface area contributed by atoms with Gasteiger partial charge in [-0.05, 0) is 72.7 Å². The molecule has 1 aromatic heterocycles. The van der Waals surface area contributed by atoms with Crippen LogP contribution in [-0.2, 0) is 0 Å². The fourth-order valence-electron chi connectivity index (χ4n) is 4.99. The number of benzene rings is 3. The van der Waals surface area contributed by atoms with Crippen molar-refractivity contribution in [1.29, 1.82) is 0 Å². The van der Waals surface area contributed by atoms with Crippen LogP contribution in [0.1, 0.15) is 41.1 Å². The fourth-order valence-corrected chi connectivity index (χ4v) is 6.72. The van der Waals surface area contributed by atoms with Crippen LogP contribution >= 0.6 is 10.6 Å².